The molecule has 0 radical (unpaired) electrons. The van der Waals surface area contributed by atoms with Crippen molar-refractivity contribution in [3.05, 3.63) is 76.3 Å². The van der Waals surface area contributed by atoms with E-state index in [0.29, 0.717) is 59.0 Å². The molecular weight excluding hydrogens is 625 g/mol. The van der Waals surface area contributed by atoms with Crippen LogP contribution in [0.5, 0.6) is 17.2 Å². The summed E-state index contributed by atoms with van der Waals surface area (Å²) in [4.78, 5) is 11.8. The molecule has 0 aromatic heterocycles. The van der Waals surface area contributed by atoms with Crippen LogP contribution in [-0.2, 0) is 32.0 Å². The van der Waals surface area contributed by atoms with Gasteiger partial charge in [-0.3, -0.25) is 4.79 Å². The minimum absolute atomic E-state index is 0.0837. The van der Waals surface area contributed by atoms with E-state index in [0.717, 1.165) is 11.1 Å². The lowest BCUT2D eigenvalue weighted by molar-refractivity contribution is -0.141. The first-order valence-electron chi connectivity index (χ1n) is 15.1. The number of halogens is 3. The number of hydrogen-bond acceptors (Lipinski definition) is 8. The van der Waals surface area contributed by atoms with Crippen LogP contribution in [0.1, 0.15) is 65.5 Å². The summed E-state index contributed by atoms with van der Waals surface area (Å²) in [5.74, 6) is 0.784. The summed E-state index contributed by atoms with van der Waals surface area (Å²) in [6, 6.07) is 12.7. The zero-order valence-corrected chi connectivity index (χ0v) is 26.3. The third-order valence-corrected chi connectivity index (χ3v) is 10.8. The molecule has 0 bridgehead atoms. The molecule has 3 aromatic rings. The van der Waals surface area contributed by atoms with Crippen LogP contribution >= 0.6 is 0 Å². The van der Waals surface area contributed by atoms with Gasteiger partial charge in [0.05, 0.1) is 37.2 Å². The van der Waals surface area contributed by atoms with E-state index in [-0.39, 0.29) is 49.3 Å². The summed E-state index contributed by atoms with van der Waals surface area (Å²) in [7, 11) is -1.82. The number of ether oxygens (including phenoxy) is 4. The van der Waals surface area contributed by atoms with Gasteiger partial charge >= 0.3 is 12.1 Å². The van der Waals surface area contributed by atoms with E-state index in [1.54, 1.807) is 37.3 Å². The number of carbonyl (C=O) groups is 1. The quantitative estimate of drug-likeness (QED) is 0.289. The van der Waals surface area contributed by atoms with E-state index < -0.39 is 33.3 Å². The maximum Gasteiger partial charge on any atom is 0.416 e. The Bertz CT molecular complexity index is 1750. The first-order valence-corrected chi connectivity index (χ1v) is 17.0. The summed E-state index contributed by atoms with van der Waals surface area (Å²) in [6.07, 6.45) is -3.83. The van der Waals surface area contributed by atoms with E-state index in [2.05, 4.69) is 0 Å². The normalized spacial score (nSPS) is 21.2. The number of esters is 1. The van der Waals surface area contributed by atoms with Gasteiger partial charge in [-0.05, 0) is 90.8 Å². The number of rotatable bonds is 8. The summed E-state index contributed by atoms with van der Waals surface area (Å²) in [5.41, 5.74) is 1.87. The van der Waals surface area contributed by atoms with Crippen LogP contribution in [0.4, 0.5) is 13.2 Å². The number of carbonyl (C=O) groups excluding carboxylic acids is 1. The molecule has 0 spiro atoms. The summed E-state index contributed by atoms with van der Waals surface area (Å²) in [6.45, 7) is 2.03. The molecular formula is C34H35F3O8S. The third-order valence-electron chi connectivity index (χ3n) is 9.15. The molecule has 2 atom stereocenters. The molecule has 6 rings (SSSR count). The Morgan fingerprint density at radius 1 is 1.02 bits per heavy atom. The number of alkyl halides is 3. The van der Waals surface area contributed by atoms with E-state index in [1.165, 1.54) is 19.2 Å². The van der Waals surface area contributed by atoms with Crippen LogP contribution in [0, 0.1) is 6.92 Å². The fourth-order valence-corrected chi connectivity index (χ4v) is 8.06. The van der Waals surface area contributed by atoms with Crippen molar-refractivity contribution in [1.82, 2.24) is 0 Å². The number of aryl methyl sites for hydroxylation is 1. The second kappa shape index (κ2) is 12.1. The van der Waals surface area contributed by atoms with Crippen molar-refractivity contribution in [3.8, 4) is 28.4 Å². The Morgan fingerprint density at radius 3 is 2.46 bits per heavy atom. The van der Waals surface area contributed by atoms with Gasteiger partial charge in [-0.25, -0.2) is 8.42 Å². The van der Waals surface area contributed by atoms with Crippen molar-refractivity contribution >= 4 is 15.8 Å². The molecule has 1 aliphatic carbocycles. The average Bonchev–Trinajstić information content (AvgIpc) is 3.60. The van der Waals surface area contributed by atoms with E-state index in [4.69, 9.17) is 18.9 Å². The summed E-state index contributed by atoms with van der Waals surface area (Å²) < 4.78 is 88.6. The molecule has 246 valence electrons. The van der Waals surface area contributed by atoms with Gasteiger partial charge in [-0.1, -0.05) is 12.1 Å². The van der Waals surface area contributed by atoms with Crippen molar-refractivity contribution in [2.45, 2.75) is 62.8 Å². The molecule has 0 saturated carbocycles. The Kier molecular flexibility index (Phi) is 8.47. The average molecular weight is 661 g/mol. The van der Waals surface area contributed by atoms with Crippen LogP contribution in [-0.4, -0.2) is 56.9 Å². The maximum absolute atomic E-state index is 14.2. The van der Waals surface area contributed by atoms with E-state index in [9.17, 15) is 31.5 Å². The summed E-state index contributed by atoms with van der Waals surface area (Å²) in [5, 5.41) is 10.8. The zero-order chi connectivity index (χ0) is 32.9. The number of fused-ring (bicyclic) bond motifs is 2. The lowest BCUT2D eigenvalue weighted by Crippen LogP contribution is -2.43. The number of methoxy groups -OCH3 is 1. The molecule has 1 N–H and O–H groups in total. The smallest absolute Gasteiger partial charge is 0.416 e. The largest absolute Gasteiger partial charge is 0.492 e. The number of aliphatic hydroxyl groups is 1. The van der Waals surface area contributed by atoms with Crippen molar-refractivity contribution in [1.29, 1.82) is 0 Å². The second-order valence-corrected chi connectivity index (χ2v) is 14.7. The molecule has 1 fully saturated rings. The fourth-order valence-electron chi connectivity index (χ4n) is 6.47. The minimum atomic E-state index is -4.58. The van der Waals surface area contributed by atoms with Crippen LogP contribution in [0.25, 0.3) is 11.1 Å². The van der Waals surface area contributed by atoms with Gasteiger partial charge in [0.2, 0.25) is 0 Å². The van der Waals surface area contributed by atoms with Crippen molar-refractivity contribution in [2.24, 2.45) is 0 Å². The van der Waals surface area contributed by atoms with Gasteiger partial charge in [0.25, 0.3) is 0 Å². The maximum atomic E-state index is 14.2. The highest BCUT2D eigenvalue weighted by Crippen LogP contribution is 2.46. The van der Waals surface area contributed by atoms with Crippen molar-refractivity contribution in [3.63, 3.8) is 0 Å². The SMILES string of the molecule is COC(=O)C[C@@H]1COc2cc(O[C@@H]3CCc4c(-c5ccc(OCC6(O)CCS(=O)(=O)CC6)cc5C)cc(C(F)(F)F)cc43)ccc21. The van der Waals surface area contributed by atoms with Crippen LogP contribution in [0.2, 0.25) is 0 Å². The van der Waals surface area contributed by atoms with Crippen molar-refractivity contribution in [2.75, 3.05) is 31.8 Å². The molecule has 2 heterocycles. The molecule has 2 aliphatic heterocycles. The Labute approximate surface area is 265 Å². The second-order valence-electron chi connectivity index (χ2n) is 12.4. The van der Waals surface area contributed by atoms with Crippen LogP contribution in [0.15, 0.2) is 48.5 Å². The highest BCUT2D eigenvalue weighted by atomic mass is 32.2. The van der Waals surface area contributed by atoms with Gasteiger partial charge in [0.1, 0.15) is 35.6 Å². The standard InChI is InChI=1S/C34H35F3O8S/c1-20-13-23(44-19-33(39)9-11-46(40,41)12-10-33)3-5-25(20)28-15-22(34(35,36)37)16-29-27(28)7-8-30(29)45-24-4-6-26-21(14-32(38)42-2)18-43-31(26)17-24/h3-6,13,15-17,21,30,39H,7-12,14,18-19H2,1-2H3/t21-,30-/m1/s1. The number of sulfone groups is 1. The van der Waals surface area contributed by atoms with Gasteiger partial charge < -0.3 is 24.1 Å². The number of benzene rings is 3. The molecule has 3 aromatic carbocycles. The Morgan fingerprint density at radius 2 is 1.76 bits per heavy atom. The van der Waals surface area contributed by atoms with E-state index >= 15 is 0 Å². The fraction of sp³-hybridized carbons (Fsp3) is 0.441. The van der Waals surface area contributed by atoms with Gasteiger partial charge in [-0.15, -0.1) is 0 Å². The molecule has 3 aliphatic rings. The predicted molar refractivity (Wildman–Crippen MR) is 163 cm³/mol. The monoisotopic (exact) mass is 660 g/mol. The molecule has 0 unspecified atom stereocenters. The Balaban J connectivity index is 1.24. The van der Waals surface area contributed by atoms with Crippen LogP contribution < -0.4 is 14.2 Å². The minimum Gasteiger partial charge on any atom is -0.492 e. The highest BCUT2D eigenvalue weighted by molar-refractivity contribution is 7.91. The van der Waals surface area contributed by atoms with Crippen molar-refractivity contribution < 1.29 is 50.4 Å². The lowest BCUT2D eigenvalue weighted by Gasteiger charge is -2.31. The number of hydrogen-bond donors (Lipinski definition) is 1. The molecule has 46 heavy (non-hydrogen) atoms. The zero-order valence-electron chi connectivity index (χ0n) is 25.5. The molecule has 1 saturated heterocycles. The molecule has 0 amide bonds. The topological polar surface area (TPSA) is 108 Å². The van der Waals surface area contributed by atoms with Gasteiger partial charge in [0.15, 0.2) is 9.84 Å². The first kappa shape index (κ1) is 32.2. The highest BCUT2D eigenvalue weighted by Gasteiger charge is 2.38. The van der Waals surface area contributed by atoms with Crippen LogP contribution in [0.3, 0.4) is 0 Å². The lowest BCUT2D eigenvalue weighted by atomic mass is 9.91. The predicted octanol–water partition coefficient (Wildman–Crippen LogP) is 6.10. The Hall–Kier alpha value is -3.77. The molecule has 12 heteroatoms. The van der Waals surface area contributed by atoms with E-state index in [1.807, 2.05) is 6.07 Å². The first-order chi connectivity index (χ1) is 21.7. The van der Waals surface area contributed by atoms with Gasteiger partial charge in [-0.2, -0.15) is 13.2 Å². The third kappa shape index (κ3) is 6.69. The molecule has 8 nitrogen and oxygen atoms in total. The van der Waals surface area contributed by atoms with Gasteiger partial charge in [0, 0.05) is 17.5 Å². The summed E-state index contributed by atoms with van der Waals surface area (Å²) >= 11 is 0.